The van der Waals surface area contributed by atoms with Crippen molar-refractivity contribution in [1.82, 2.24) is 4.98 Å². The molecule has 0 unspecified atom stereocenters. The van der Waals surface area contributed by atoms with E-state index in [-0.39, 0.29) is 18.2 Å². The lowest BCUT2D eigenvalue weighted by atomic mass is 10.2. The number of carbonyl (C=O) groups is 1. The predicted molar refractivity (Wildman–Crippen MR) is 86.1 cm³/mol. The first-order valence-corrected chi connectivity index (χ1v) is 7.14. The van der Waals surface area contributed by atoms with E-state index in [1.54, 1.807) is 24.3 Å². The molecular formula is C17H11FN4O3. The van der Waals surface area contributed by atoms with Crippen LogP contribution >= 0.6 is 0 Å². The van der Waals surface area contributed by atoms with E-state index in [2.05, 4.69) is 15.2 Å². The maximum Gasteiger partial charge on any atom is 0.302 e. The van der Waals surface area contributed by atoms with Crippen molar-refractivity contribution >= 4 is 22.5 Å². The van der Waals surface area contributed by atoms with Gasteiger partial charge in [-0.25, -0.2) is 4.39 Å². The van der Waals surface area contributed by atoms with E-state index >= 15 is 0 Å². The fourth-order valence-electron chi connectivity index (χ4n) is 2.15. The Balaban J connectivity index is 1.68. The molecule has 2 N–H and O–H groups in total. The van der Waals surface area contributed by atoms with Crippen molar-refractivity contribution in [3.8, 4) is 17.7 Å². The first-order valence-electron chi connectivity index (χ1n) is 7.14. The number of nitrogens with zero attached hydrogens (tertiary/aromatic N) is 3. The average molecular weight is 338 g/mol. The summed E-state index contributed by atoms with van der Waals surface area (Å²) < 4.78 is 18.4. The Morgan fingerprint density at radius 1 is 1.28 bits per heavy atom. The molecule has 124 valence electrons. The number of ether oxygens (including phenoxy) is 1. The van der Waals surface area contributed by atoms with Gasteiger partial charge in [-0.05, 0) is 42.5 Å². The van der Waals surface area contributed by atoms with Crippen LogP contribution in [-0.2, 0) is 4.79 Å². The number of hydrogen-bond acceptors (Lipinski definition) is 5. The Labute approximate surface area is 141 Å². The number of halogens is 1. The second-order valence-electron chi connectivity index (χ2n) is 5.03. The molecule has 0 fully saturated rings. The molecule has 0 aliphatic carbocycles. The van der Waals surface area contributed by atoms with Crippen LogP contribution in [0.1, 0.15) is 5.56 Å². The summed E-state index contributed by atoms with van der Waals surface area (Å²) in [5.41, 5.74) is 0.860. The quantitative estimate of drug-likeness (QED) is 0.708. The molecule has 0 saturated carbocycles. The van der Waals surface area contributed by atoms with Crippen LogP contribution in [0.3, 0.4) is 0 Å². The molecule has 3 aromatic rings. The average Bonchev–Trinajstić information content (AvgIpc) is 2.92. The van der Waals surface area contributed by atoms with Gasteiger partial charge in [0.25, 0.3) is 0 Å². The molecule has 2 aromatic carbocycles. The third-order valence-electron chi connectivity index (χ3n) is 3.32. The van der Waals surface area contributed by atoms with Crippen LogP contribution in [0.4, 0.5) is 10.1 Å². The lowest BCUT2D eigenvalue weighted by Crippen LogP contribution is -2.07. The monoisotopic (exact) mass is 338 g/mol. The number of fused-ring (bicyclic) bond motifs is 1. The van der Waals surface area contributed by atoms with Gasteiger partial charge in [-0.2, -0.15) is 5.26 Å². The minimum atomic E-state index is -0.666. The zero-order valence-corrected chi connectivity index (χ0v) is 12.7. The van der Waals surface area contributed by atoms with Gasteiger partial charge in [0.15, 0.2) is 12.3 Å². The molecular weight excluding hydrogens is 327 g/mol. The Kier molecular flexibility index (Phi) is 4.39. The molecule has 0 spiro atoms. The molecule has 0 radical (unpaired) electrons. The topological polar surface area (TPSA) is 111 Å². The van der Waals surface area contributed by atoms with E-state index in [1.165, 1.54) is 18.2 Å². The Hall–Kier alpha value is -3.73. The smallest absolute Gasteiger partial charge is 0.302 e. The maximum atomic E-state index is 13.2. The molecule has 1 aromatic heterocycles. The van der Waals surface area contributed by atoms with E-state index in [9.17, 15) is 14.3 Å². The van der Waals surface area contributed by atoms with Crippen LogP contribution in [0.15, 0.2) is 52.7 Å². The van der Waals surface area contributed by atoms with Gasteiger partial charge in [-0.15, -0.1) is 10.2 Å². The molecule has 3 rings (SSSR count). The highest BCUT2D eigenvalue weighted by Crippen LogP contribution is 2.35. The van der Waals surface area contributed by atoms with Gasteiger partial charge in [0, 0.05) is 5.39 Å². The Bertz CT molecular complexity index is 1000. The third kappa shape index (κ3) is 3.61. The van der Waals surface area contributed by atoms with Gasteiger partial charge in [0.05, 0.1) is 17.1 Å². The number of aromatic amines is 1. The van der Waals surface area contributed by atoms with Crippen LogP contribution in [0, 0.1) is 17.1 Å². The molecule has 0 aliphatic heterocycles. The minimum Gasteiger partial charge on any atom is -0.493 e. The summed E-state index contributed by atoms with van der Waals surface area (Å²) in [6.45, 7) is -0.354. The van der Waals surface area contributed by atoms with Gasteiger partial charge in [-0.1, -0.05) is 0 Å². The standard InChI is InChI=1S/C17H11FN4O3/c18-11-3-6-13-14(7-11)20-17(24)16(13)22-21-15(23)9-25-12-4-1-10(8-19)2-5-12/h1-7,20,24H,9H2. The summed E-state index contributed by atoms with van der Waals surface area (Å²) in [6, 6.07) is 12.0. The minimum absolute atomic E-state index is 0.0433. The summed E-state index contributed by atoms with van der Waals surface area (Å²) in [6.07, 6.45) is 0. The van der Waals surface area contributed by atoms with Gasteiger partial charge >= 0.3 is 5.91 Å². The first-order chi connectivity index (χ1) is 12.1. The number of H-pyrrole nitrogens is 1. The van der Waals surface area contributed by atoms with Crippen molar-refractivity contribution in [2.45, 2.75) is 0 Å². The lowest BCUT2D eigenvalue weighted by molar-refractivity contribution is -0.120. The second-order valence-corrected chi connectivity index (χ2v) is 5.03. The van der Waals surface area contributed by atoms with Crippen LogP contribution in [0.5, 0.6) is 11.6 Å². The Morgan fingerprint density at radius 3 is 2.76 bits per heavy atom. The van der Waals surface area contributed by atoms with Crippen LogP contribution in [0.2, 0.25) is 0 Å². The molecule has 7 nitrogen and oxygen atoms in total. The Morgan fingerprint density at radius 2 is 2.04 bits per heavy atom. The fourth-order valence-corrected chi connectivity index (χ4v) is 2.15. The van der Waals surface area contributed by atoms with Crippen molar-refractivity contribution in [1.29, 1.82) is 5.26 Å². The number of carbonyl (C=O) groups excluding carboxylic acids is 1. The van der Waals surface area contributed by atoms with E-state index in [4.69, 9.17) is 10.00 Å². The van der Waals surface area contributed by atoms with Crippen molar-refractivity contribution in [2.24, 2.45) is 10.2 Å². The molecule has 0 saturated heterocycles. The van der Waals surface area contributed by atoms with Gasteiger partial charge in [0.1, 0.15) is 11.6 Å². The van der Waals surface area contributed by atoms with Crippen molar-refractivity contribution in [3.05, 3.63) is 53.8 Å². The number of hydrogen-bond donors (Lipinski definition) is 2. The third-order valence-corrected chi connectivity index (χ3v) is 3.32. The van der Waals surface area contributed by atoms with E-state index < -0.39 is 11.7 Å². The lowest BCUT2D eigenvalue weighted by Gasteiger charge is -2.02. The van der Waals surface area contributed by atoms with Gasteiger partial charge < -0.3 is 14.8 Å². The summed E-state index contributed by atoms with van der Waals surface area (Å²) >= 11 is 0. The molecule has 0 atom stereocenters. The maximum absolute atomic E-state index is 13.2. The fraction of sp³-hybridized carbons (Fsp3) is 0.0588. The molecule has 0 aliphatic rings. The zero-order chi connectivity index (χ0) is 17.8. The number of aromatic hydroxyl groups is 1. The number of benzene rings is 2. The van der Waals surface area contributed by atoms with E-state index in [0.29, 0.717) is 22.2 Å². The number of amides is 1. The molecule has 1 amide bonds. The van der Waals surface area contributed by atoms with Crippen LogP contribution in [-0.4, -0.2) is 22.6 Å². The molecule has 0 bridgehead atoms. The highest BCUT2D eigenvalue weighted by Gasteiger charge is 2.11. The molecule has 8 heteroatoms. The van der Waals surface area contributed by atoms with Gasteiger partial charge in [-0.3, -0.25) is 4.79 Å². The predicted octanol–water partition coefficient (Wildman–Crippen LogP) is 3.57. The number of nitrogens with one attached hydrogen (secondary N) is 1. The SMILES string of the molecule is N#Cc1ccc(OCC(=O)N=Nc2c(O)[nH]c3cc(F)ccc23)cc1. The summed E-state index contributed by atoms with van der Waals surface area (Å²) in [4.78, 5) is 14.3. The number of aromatic nitrogens is 1. The number of azo groups is 1. The first kappa shape index (κ1) is 16.1. The highest BCUT2D eigenvalue weighted by atomic mass is 19.1. The van der Waals surface area contributed by atoms with Crippen molar-refractivity contribution < 1.29 is 19.0 Å². The highest BCUT2D eigenvalue weighted by molar-refractivity contribution is 5.94. The van der Waals surface area contributed by atoms with Gasteiger partial charge in [0.2, 0.25) is 5.88 Å². The number of nitriles is 1. The van der Waals surface area contributed by atoms with E-state index in [1.807, 2.05) is 6.07 Å². The molecule has 25 heavy (non-hydrogen) atoms. The summed E-state index contributed by atoms with van der Waals surface area (Å²) in [7, 11) is 0. The van der Waals surface area contributed by atoms with E-state index in [0.717, 1.165) is 0 Å². The summed E-state index contributed by atoms with van der Waals surface area (Å²) in [5, 5.41) is 26.1. The van der Waals surface area contributed by atoms with Crippen LogP contribution in [0.25, 0.3) is 10.9 Å². The van der Waals surface area contributed by atoms with Crippen molar-refractivity contribution in [2.75, 3.05) is 6.61 Å². The summed E-state index contributed by atoms with van der Waals surface area (Å²) in [5.74, 6) is -1.04. The van der Waals surface area contributed by atoms with Crippen molar-refractivity contribution in [3.63, 3.8) is 0 Å². The second kappa shape index (κ2) is 6.80. The molecule has 1 heterocycles. The normalized spacial score (nSPS) is 10.9. The van der Waals surface area contributed by atoms with Crippen LogP contribution < -0.4 is 4.74 Å². The zero-order valence-electron chi connectivity index (χ0n) is 12.7. The number of rotatable bonds is 4. The largest absolute Gasteiger partial charge is 0.493 e.